The molecule has 2 nitrogen and oxygen atoms in total. The van der Waals surface area contributed by atoms with Crippen LogP contribution in [0, 0.1) is 17.8 Å². The van der Waals surface area contributed by atoms with Crippen molar-refractivity contribution >= 4 is 0 Å². The Hall–Kier alpha value is -0.0800. The van der Waals surface area contributed by atoms with E-state index in [1.54, 1.807) is 0 Å². The highest BCUT2D eigenvalue weighted by Crippen LogP contribution is 2.33. The van der Waals surface area contributed by atoms with Crippen molar-refractivity contribution in [3.8, 4) is 0 Å². The lowest BCUT2D eigenvalue weighted by atomic mass is 10.1. The largest absolute Gasteiger partial charge is 0.314 e. The van der Waals surface area contributed by atoms with Crippen molar-refractivity contribution in [1.29, 1.82) is 0 Å². The second-order valence-electron chi connectivity index (χ2n) is 6.77. The summed E-state index contributed by atoms with van der Waals surface area (Å²) in [4.78, 5) is 2.75. The zero-order valence-corrected chi connectivity index (χ0v) is 11.9. The van der Waals surface area contributed by atoms with Gasteiger partial charge in [-0.2, -0.15) is 0 Å². The van der Waals surface area contributed by atoms with Crippen LogP contribution in [0.5, 0.6) is 0 Å². The summed E-state index contributed by atoms with van der Waals surface area (Å²) < 4.78 is 0. The number of nitrogens with zero attached hydrogens (tertiary/aromatic N) is 1. The number of hydrogen-bond acceptors (Lipinski definition) is 2. The molecule has 0 heterocycles. The molecule has 0 bridgehead atoms. The first-order chi connectivity index (χ1) is 8.13. The lowest BCUT2D eigenvalue weighted by Crippen LogP contribution is -2.37. The highest BCUT2D eigenvalue weighted by atomic mass is 15.1. The molecule has 0 aromatic heterocycles. The van der Waals surface area contributed by atoms with E-state index in [9.17, 15) is 0 Å². The van der Waals surface area contributed by atoms with Gasteiger partial charge in [-0.05, 0) is 50.0 Å². The third kappa shape index (κ3) is 5.87. The Labute approximate surface area is 107 Å². The van der Waals surface area contributed by atoms with E-state index < -0.39 is 0 Å². The maximum atomic E-state index is 3.56. The minimum atomic E-state index is 0.623. The molecule has 0 aromatic carbocycles. The van der Waals surface area contributed by atoms with Crippen LogP contribution < -0.4 is 5.32 Å². The summed E-state index contributed by atoms with van der Waals surface area (Å²) in [5.41, 5.74) is 0. The topological polar surface area (TPSA) is 15.3 Å². The van der Waals surface area contributed by atoms with Crippen LogP contribution in [0.2, 0.25) is 0 Å². The first kappa shape index (κ1) is 13.4. The van der Waals surface area contributed by atoms with Gasteiger partial charge in [0, 0.05) is 25.7 Å². The van der Waals surface area contributed by atoms with Crippen LogP contribution in [0.15, 0.2) is 0 Å². The smallest absolute Gasteiger partial charge is 0.00194 e. The van der Waals surface area contributed by atoms with Crippen molar-refractivity contribution in [3.05, 3.63) is 0 Å². The van der Waals surface area contributed by atoms with Gasteiger partial charge in [0.1, 0.15) is 0 Å². The molecule has 100 valence electrons. The standard InChI is InChI=1S/C15H30N2/c1-12(2)16-8-13(3)9-17(10-14-4-5-14)11-15-6-7-15/h12-16H,4-11H2,1-3H3. The van der Waals surface area contributed by atoms with E-state index in [0.29, 0.717) is 6.04 Å². The molecule has 0 spiro atoms. The molecule has 0 amide bonds. The highest BCUT2D eigenvalue weighted by Gasteiger charge is 2.29. The van der Waals surface area contributed by atoms with Gasteiger partial charge < -0.3 is 10.2 Å². The Bertz CT molecular complexity index is 205. The van der Waals surface area contributed by atoms with Crippen molar-refractivity contribution in [2.75, 3.05) is 26.2 Å². The van der Waals surface area contributed by atoms with Crippen LogP contribution in [-0.4, -0.2) is 37.1 Å². The molecule has 0 aliphatic heterocycles. The minimum absolute atomic E-state index is 0.623. The monoisotopic (exact) mass is 238 g/mol. The van der Waals surface area contributed by atoms with Crippen LogP contribution in [0.1, 0.15) is 46.5 Å². The zero-order chi connectivity index (χ0) is 12.3. The third-order valence-electron chi connectivity index (χ3n) is 3.87. The molecule has 1 atom stereocenters. The molecule has 0 aromatic rings. The average Bonchev–Trinajstić information content (AvgIpc) is 3.10. The summed E-state index contributed by atoms with van der Waals surface area (Å²) >= 11 is 0. The highest BCUT2D eigenvalue weighted by molar-refractivity contribution is 4.83. The Morgan fingerprint density at radius 1 is 1.00 bits per heavy atom. The third-order valence-corrected chi connectivity index (χ3v) is 3.87. The van der Waals surface area contributed by atoms with Gasteiger partial charge in [-0.1, -0.05) is 20.8 Å². The van der Waals surface area contributed by atoms with Gasteiger partial charge in [-0.15, -0.1) is 0 Å². The number of hydrogen-bond donors (Lipinski definition) is 1. The van der Waals surface area contributed by atoms with Gasteiger partial charge in [0.2, 0.25) is 0 Å². The van der Waals surface area contributed by atoms with Crippen molar-refractivity contribution in [2.45, 2.75) is 52.5 Å². The lowest BCUT2D eigenvalue weighted by Gasteiger charge is -2.26. The Morgan fingerprint density at radius 3 is 1.94 bits per heavy atom. The zero-order valence-electron chi connectivity index (χ0n) is 11.9. The van der Waals surface area contributed by atoms with Crippen molar-refractivity contribution in [2.24, 2.45) is 17.8 Å². The summed E-state index contributed by atoms with van der Waals surface area (Å²) in [6.45, 7) is 12.1. The summed E-state index contributed by atoms with van der Waals surface area (Å²) in [5, 5.41) is 3.56. The fourth-order valence-corrected chi connectivity index (χ4v) is 2.50. The van der Waals surface area contributed by atoms with Gasteiger partial charge in [-0.3, -0.25) is 0 Å². The first-order valence-electron chi connectivity index (χ1n) is 7.59. The Morgan fingerprint density at radius 2 is 1.53 bits per heavy atom. The predicted octanol–water partition coefficient (Wildman–Crippen LogP) is 2.74. The average molecular weight is 238 g/mol. The van der Waals surface area contributed by atoms with E-state index in [1.807, 2.05) is 0 Å². The molecule has 2 aliphatic rings. The normalized spacial score (nSPS) is 22.4. The maximum absolute atomic E-state index is 3.56. The summed E-state index contributed by atoms with van der Waals surface area (Å²) in [6.07, 6.45) is 5.94. The van der Waals surface area contributed by atoms with Crippen molar-refractivity contribution < 1.29 is 0 Å². The molecule has 1 N–H and O–H groups in total. The molecule has 0 radical (unpaired) electrons. The predicted molar refractivity (Wildman–Crippen MR) is 74.2 cm³/mol. The Balaban J connectivity index is 1.66. The molecule has 2 aliphatic carbocycles. The van der Waals surface area contributed by atoms with E-state index >= 15 is 0 Å². The molecule has 2 rings (SSSR count). The van der Waals surface area contributed by atoms with Gasteiger partial charge in [-0.25, -0.2) is 0 Å². The van der Waals surface area contributed by atoms with Crippen LogP contribution in [0.3, 0.4) is 0 Å². The van der Waals surface area contributed by atoms with E-state index in [1.165, 1.54) is 51.9 Å². The molecule has 2 heteroatoms. The van der Waals surface area contributed by atoms with Gasteiger partial charge in [0.15, 0.2) is 0 Å². The molecular weight excluding hydrogens is 208 g/mol. The summed E-state index contributed by atoms with van der Waals surface area (Å²) in [7, 11) is 0. The van der Waals surface area contributed by atoms with Gasteiger partial charge in [0.05, 0.1) is 0 Å². The quantitative estimate of drug-likeness (QED) is 0.664. The summed E-state index contributed by atoms with van der Waals surface area (Å²) in [6, 6.07) is 0.623. The Kier molecular flexibility index (Phi) is 4.87. The fourth-order valence-electron chi connectivity index (χ4n) is 2.50. The SMILES string of the molecule is CC(CNC(C)C)CN(CC1CC1)CC1CC1. The second kappa shape index (κ2) is 6.19. The van der Waals surface area contributed by atoms with E-state index in [4.69, 9.17) is 0 Å². The van der Waals surface area contributed by atoms with Crippen molar-refractivity contribution in [1.82, 2.24) is 10.2 Å². The lowest BCUT2D eigenvalue weighted by molar-refractivity contribution is 0.216. The van der Waals surface area contributed by atoms with E-state index in [0.717, 1.165) is 17.8 Å². The van der Waals surface area contributed by atoms with Crippen LogP contribution >= 0.6 is 0 Å². The van der Waals surface area contributed by atoms with E-state index in [2.05, 4.69) is 31.0 Å². The fraction of sp³-hybridized carbons (Fsp3) is 1.00. The molecule has 1 unspecified atom stereocenters. The molecule has 0 saturated heterocycles. The van der Waals surface area contributed by atoms with Gasteiger partial charge in [0.25, 0.3) is 0 Å². The van der Waals surface area contributed by atoms with Crippen molar-refractivity contribution in [3.63, 3.8) is 0 Å². The minimum Gasteiger partial charge on any atom is -0.314 e. The molecular formula is C15H30N2. The van der Waals surface area contributed by atoms with Crippen LogP contribution in [0.4, 0.5) is 0 Å². The van der Waals surface area contributed by atoms with Crippen LogP contribution in [0.25, 0.3) is 0 Å². The van der Waals surface area contributed by atoms with E-state index in [-0.39, 0.29) is 0 Å². The maximum Gasteiger partial charge on any atom is 0.00194 e. The van der Waals surface area contributed by atoms with Gasteiger partial charge >= 0.3 is 0 Å². The molecule has 2 fully saturated rings. The summed E-state index contributed by atoms with van der Waals surface area (Å²) in [5.74, 6) is 2.87. The molecule has 2 saturated carbocycles. The number of rotatable bonds is 9. The molecule has 17 heavy (non-hydrogen) atoms. The number of nitrogens with one attached hydrogen (secondary N) is 1. The first-order valence-corrected chi connectivity index (χ1v) is 7.59. The second-order valence-corrected chi connectivity index (χ2v) is 6.77. The van der Waals surface area contributed by atoms with Crippen LogP contribution in [-0.2, 0) is 0 Å².